The molecule has 1 aromatic carbocycles. The zero-order valence-electron chi connectivity index (χ0n) is 14.9. The molecular formula is C17H21FN4O3S. The summed E-state index contributed by atoms with van der Waals surface area (Å²) >= 11 is 0. The molecule has 9 heteroatoms. The molecule has 0 aliphatic carbocycles. The van der Waals surface area contributed by atoms with Crippen LogP contribution in [0.15, 0.2) is 29.2 Å². The topological polar surface area (TPSA) is 75.5 Å². The highest BCUT2D eigenvalue weighted by molar-refractivity contribution is 7.89. The molecule has 1 saturated heterocycles. The van der Waals surface area contributed by atoms with Crippen LogP contribution in [0, 0.1) is 19.7 Å². The molecule has 140 valence electrons. The number of carbonyl (C=O) groups is 1. The van der Waals surface area contributed by atoms with Crippen LogP contribution in [0.4, 0.5) is 4.39 Å². The molecule has 0 N–H and O–H groups in total. The normalized spacial score (nSPS) is 16.1. The Morgan fingerprint density at radius 1 is 1.08 bits per heavy atom. The maximum Gasteiger partial charge on any atom is 0.257 e. The summed E-state index contributed by atoms with van der Waals surface area (Å²) in [4.78, 5) is 14.5. The number of halogens is 1. The lowest BCUT2D eigenvalue weighted by Gasteiger charge is -2.34. The van der Waals surface area contributed by atoms with E-state index in [0.717, 1.165) is 17.8 Å². The van der Waals surface area contributed by atoms with E-state index in [2.05, 4.69) is 5.10 Å². The van der Waals surface area contributed by atoms with Crippen LogP contribution in [0.1, 0.15) is 21.7 Å². The number of aromatic nitrogens is 2. The summed E-state index contributed by atoms with van der Waals surface area (Å²) in [5.74, 6) is -0.617. The van der Waals surface area contributed by atoms with Crippen molar-refractivity contribution in [3.8, 4) is 0 Å². The van der Waals surface area contributed by atoms with E-state index in [1.54, 1.807) is 23.6 Å². The number of hydrogen-bond donors (Lipinski definition) is 0. The van der Waals surface area contributed by atoms with Gasteiger partial charge >= 0.3 is 0 Å². The third-order valence-electron chi connectivity index (χ3n) is 4.70. The minimum atomic E-state index is -3.69. The number of amides is 1. The average Bonchev–Trinajstić information content (AvgIpc) is 2.87. The summed E-state index contributed by atoms with van der Waals surface area (Å²) in [6, 6.07) is 4.76. The van der Waals surface area contributed by atoms with Gasteiger partial charge in [0, 0.05) is 38.9 Å². The monoisotopic (exact) mass is 380 g/mol. The predicted octanol–water partition coefficient (Wildman–Crippen LogP) is 1.32. The molecule has 0 spiro atoms. The van der Waals surface area contributed by atoms with Crippen LogP contribution >= 0.6 is 0 Å². The lowest BCUT2D eigenvalue weighted by atomic mass is 10.1. The maximum absolute atomic E-state index is 13.0. The standard InChI is InChI=1S/C17H21FN4O3S/c1-12-16(13(2)20(3)19-12)17(23)21-8-10-22(11-9-21)26(24,25)15-6-4-14(18)5-7-15/h4-7H,8-11H2,1-3H3. The van der Waals surface area contributed by atoms with Gasteiger partial charge in [-0.25, -0.2) is 12.8 Å². The van der Waals surface area contributed by atoms with Crippen molar-refractivity contribution in [3.05, 3.63) is 47.0 Å². The molecule has 2 aromatic rings. The van der Waals surface area contributed by atoms with Gasteiger partial charge in [-0.15, -0.1) is 0 Å². The van der Waals surface area contributed by atoms with E-state index in [-0.39, 0.29) is 23.9 Å². The molecule has 1 amide bonds. The Labute approximate surface area is 152 Å². The smallest absolute Gasteiger partial charge is 0.257 e. The van der Waals surface area contributed by atoms with Crippen molar-refractivity contribution in [2.75, 3.05) is 26.2 Å². The van der Waals surface area contributed by atoms with Crippen molar-refractivity contribution in [1.82, 2.24) is 19.0 Å². The van der Waals surface area contributed by atoms with E-state index >= 15 is 0 Å². The van der Waals surface area contributed by atoms with Gasteiger partial charge in [-0.2, -0.15) is 9.40 Å². The molecule has 1 fully saturated rings. The lowest BCUT2D eigenvalue weighted by Crippen LogP contribution is -2.50. The van der Waals surface area contributed by atoms with Gasteiger partial charge in [0.15, 0.2) is 0 Å². The maximum atomic E-state index is 13.0. The molecule has 1 aliphatic rings. The number of aryl methyl sites for hydroxylation is 2. The number of carbonyl (C=O) groups excluding carboxylic acids is 1. The van der Waals surface area contributed by atoms with E-state index in [4.69, 9.17) is 0 Å². The highest BCUT2D eigenvalue weighted by atomic mass is 32.2. The van der Waals surface area contributed by atoms with Crippen molar-refractivity contribution >= 4 is 15.9 Å². The summed E-state index contributed by atoms with van der Waals surface area (Å²) in [7, 11) is -1.91. The fourth-order valence-electron chi connectivity index (χ4n) is 3.13. The van der Waals surface area contributed by atoms with Gasteiger partial charge in [-0.05, 0) is 38.1 Å². The number of nitrogens with zero attached hydrogens (tertiary/aromatic N) is 4. The molecule has 0 radical (unpaired) electrons. The Bertz CT molecular complexity index is 930. The van der Waals surface area contributed by atoms with Crippen LogP contribution in [-0.4, -0.2) is 59.5 Å². The van der Waals surface area contributed by atoms with Gasteiger partial charge in [-0.3, -0.25) is 9.48 Å². The number of piperazine rings is 1. The van der Waals surface area contributed by atoms with Gasteiger partial charge in [0.05, 0.1) is 16.2 Å². The Hall–Kier alpha value is -2.26. The summed E-state index contributed by atoms with van der Waals surface area (Å²) in [6.45, 7) is 4.62. The minimum absolute atomic E-state index is 0.0534. The molecule has 7 nitrogen and oxygen atoms in total. The number of benzene rings is 1. The van der Waals surface area contributed by atoms with Crippen molar-refractivity contribution in [1.29, 1.82) is 0 Å². The predicted molar refractivity (Wildman–Crippen MR) is 93.7 cm³/mol. The Morgan fingerprint density at radius 2 is 1.65 bits per heavy atom. The zero-order valence-corrected chi connectivity index (χ0v) is 15.8. The van der Waals surface area contributed by atoms with E-state index < -0.39 is 15.8 Å². The van der Waals surface area contributed by atoms with Crippen LogP contribution in [-0.2, 0) is 17.1 Å². The highest BCUT2D eigenvalue weighted by Gasteiger charge is 2.32. The average molecular weight is 380 g/mol. The third kappa shape index (κ3) is 3.24. The number of rotatable bonds is 3. The summed E-state index contributed by atoms with van der Waals surface area (Å²) in [5.41, 5.74) is 2.02. The Balaban J connectivity index is 1.73. The lowest BCUT2D eigenvalue weighted by molar-refractivity contribution is 0.0696. The minimum Gasteiger partial charge on any atom is -0.336 e. The van der Waals surface area contributed by atoms with Crippen molar-refractivity contribution < 1.29 is 17.6 Å². The van der Waals surface area contributed by atoms with E-state index in [9.17, 15) is 17.6 Å². The summed E-state index contributed by atoms with van der Waals surface area (Å²) < 4.78 is 41.3. The molecule has 0 bridgehead atoms. The molecule has 0 atom stereocenters. The van der Waals surface area contributed by atoms with Crippen molar-refractivity contribution in [3.63, 3.8) is 0 Å². The molecule has 3 rings (SSSR count). The first-order valence-corrected chi connectivity index (χ1v) is 9.71. The number of sulfonamides is 1. The van der Waals surface area contributed by atoms with Crippen LogP contribution in [0.5, 0.6) is 0 Å². The third-order valence-corrected chi connectivity index (χ3v) is 6.61. The first-order chi connectivity index (χ1) is 12.2. The van der Waals surface area contributed by atoms with Crippen LogP contribution in [0.2, 0.25) is 0 Å². The fraction of sp³-hybridized carbons (Fsp3) is 0.412. The number of hydrogen-bond acceptors (Lipinski definition) is 4. The Kier molecular flexibility index (Phi) is 4.85. The van der Waals surface area contributed by atoms with Crippen molar-refractivity contribution in [2.45, 2.75) is 18.7 Å². The molecule has 1 aromatic heterocycles. The second-order valence-corrected chi connectivity index (χ2v) is 8.26. The van der Waals surface area contributed by atoms with Gasteiger partial charge in [-0.1, -0.05) is 0 Å². The molecule has 0 unspecified atom stereocenters. The first kappa shape index (κ1) is 18.5. The fourth-order valence-corrected chi connectivity index (χ4v) is 4.55. The quantitative estimate of drug-likeness (QED) is 0.805. The van der Waals surface area contributed by atoms with Crippen molar-refractivity contribution in [2.24, 2.45) is 7.05 Å². The van der Waals surface area contributed by atoms with Gasteiger partial charge in [0.25, 0.3) is 5.91 Å². The van der Waals surface area contributed by atoms with Gasteiger partial charge < -0.3 is 4.90 Å². The second-order valence-electron chi connectivity index (χ2n) is 6.32. The Morgan fingerprint density at radius 3 is 2.15 bits per heavy atom. The van der Waals surface area contributed by atoms with Gasteiger partial charge in [0.2, 0.25) is 10.0 Å². The summed E-state index contributed by atoms with van der Waals surface area (Å²) in [5, 5.41) is 4.26. The first-order valence-electron chi connectivity index (χ1n) is 8.27. The largest absolute Gasteiger partial charge is 0.336 e. The molecule has 0 saturated carbocycles. The van der Waals surface area contributed by atoms with E-state index in [1.165, 1.54) is 16.4 Å². The van der Waals surface area contributed by atoms with Crippen LogP contribution < -0.4 is 0 Å². The highest BCUT2D eigenvalue weighted by Crippen LogP contribution is 2.20. The SMILES string of the molecule is Cc1nn(C)c(C)c1C(=O)N1CCN(S(=O)(=O)c2ccc(F)cc2)CC1. The van der Waals surface area contributed by atoms with E-state index in [1.807, 2.05) is 6.92 Å². The van der Waals surface area contributed by atoms with Crippen LogP contribution in [0.25, 0.3) is 0 Å². The van der Waals surface area contributed by atoms with Crippen LogP contribution in [0.3, 0.4) is 0 Å². The zero-order chi connectivity index (χ0) is 19.1. The van der Waals surface area contributed by atoms with Gasteiger partial charge in [0.1, 0.15) is 5.82 Å². The summed E-state index contributed by atoms with van der Waals surface area (Å²) in [6.07, 6.45) is 0. The molecule has 2 heterocycles. The molecule has 26 heavy (non-hydrogen) atoms. The molecule has 1 aliphatic heterocycles. The molecular weight excluding hydrogens is 359 g/mol. The second kappa shape index (κ2) is 6.81. The van der Waals surface area contributed by atoms with E-state index in [0.29, 0.717) is 24.3 Å².